The largest absolute Gasteiger partial charge is 0.394 e. The highest BCUT2D eigenvalue weighted by Gasteiger charge is 2.54. The van der Waals surface area contributed by atoms with Crippen LogP contribution in [0.1, 0.15) is 6.23 Å². The molecule has 1 aliphatic rings. The SMILES string of the molecule is N[C@]1(C#CCl)C(O)[C@@H](CO)O[C@H]1n1cc(F)c(=O)[nH]c1=O. The van der Waals surface area contributed by atoms with Gasteiger partial charge in [0.1, 0.15) is 12.2 Å². The van der Waals surface area contributed by atoms with Gasteiger partial charge in [-0.3, -0.25) is 14.3 Å². The van der Waals surface area contributed by atoms with Crippen molar-refractivity contribution in [1.82, 2.24) is 9.55 Å². The van der Waals surface area contributed by atoms with E-state index in [0.29, 0.717) is 10.8 Å². The molecule has 8 nitrogen and oxygen atoms in total. The molecule has 0 radical (unpaired) electrons. The van der Waals surface area contributed by atoms with E-state index in [4.69, 9.17) is 27.2 Å². The molecule has 2 rings (SSSR count). The van der Waals surface area contributed by atoms with Gasteiger partial charge in [0.05, 0.1) is 12.8 Å². The summed E-state index contributed by atoms with van der Waals surface area (Å²) in [6.07, 6.45) is -3.51. The lowest BCUT2D eigenvalue weighted by molar-refractivity contribution is -0.0480. The molecule has 0 aliphatic carbocycles. The smallest absolute Gasteiger partial charge is 0.330 e. The summed E-state index contributed by atoms with van der Waals surface area (Å²) in [7, 11) is 0. The van der Waals surface area contributed by atoms with Crippen LogP contribution in [0.15, 0.2) is 15.8 Å². The second kappa shape index (κ2) is 5.59. The van der Waals surface area contributed by atoms with E-state index in [-0.39, 0.29) is 0 Å². The maximum Gasteiger partial charge on any atom is 0.330 e. The molecule has 0 aromatic carbocycles. The quantitative estimate of drug-likeness (QED) is 0.459. The van der Waals surface area contributed by atoms with Gasteiger partial charge in [-0.05, 0) is 11.6 Å². The normalized spacial score (nSPS) is 31.8. The lowest BCUT2D eigenvalue weighted by Crippen LogP contribution is -2.55. The Morgan fingerprint density at radius 1 is 1.62 bits per heavy atom. The summed E-state index contributed by atoms with van der Waals surface area (Å²) >= 11 is 5.29. The molecule has 21 heavy (non-hydrogen) atoms. The number of hydrogen-bond acceptors (Lipinski definition) is 6. The topological polar surface area (TPSA) is 131 Å². The number of nitrogens with zero attached hydrogens (tertiary/aromatic N) is 1. The van der Waals surface area contributed by atoms with Gasteiger partial charge in [-0.25, -0.2) is 4.79 Å². The van der Waals surface area contributed by atoms with E-state index in [9.17, 15) is 19.1 Å². The molecule has 114 valence electrons. The van der Waals surface area contributed by atoms with Crippen LogP contribution in [0.5, 0.6) is 0 Å². The molecule has 1 aromatic rings. The number of nitrogens with two attached hydrogens (primary N) is 1. The van der Waals surface area contributed by atoms with Crippen molar-refractivity contribution in [2.45, 2.75) is 24.0 Å². The number of aliphatic hydroxyl groups excluding tert-OH is 2. The molecule has 0 amide bonds. The molecule has 4 atom stereocenters. The lowest BCUT2D eigenvalue weighted by Gasteiger charge is -2.27. The molecule has 1 saturated heterocycles. The van der Waals surface area contributed by atoms with Crippen LogP contribution in [0.2, 0.25) is 0 Å². The Hall–Kier alpha value is -1.70. The number of halogens is 2. The fourth-order valence-electron chi connectivity index (χ4n) is 2.10. The van der Waals surface area contributed by atoms with Gasteiger partial charge in [0.25, 0.3) is 5.56 Å². The monoisotopic (exact) mass is 319 g/mol. The molecular formula is C11H11ClFN3O5. The number of hydrogen-bond donors (Lipinski definition) is 4. The molecule has 1 aliphatic heterocycles. The highest BCUT2D eigenvalue weighted by atomic mass is 35.5. The predicted octanol–water partition coefficient (Wildman–Crippen LogP) is -2.18. The van der Waals surface area contributed by atoms with Crippen molar-refractivity contribution in [3.8, 4) is 11.3 Å². The number of aliphatic hydroxyl groups is 2. The molecule has 10 heteroatoms. The molecule has 1 unspecified atom stereocenters. The standard InChI is InChI=1S/C11H11ClFN3O5/c12-2-1-11(14)7(18)6(4-17)21-9(11)16-3-5(13)8(19)15-10(16)20/h3,6-7,9,17-18H,4,14H2,(H,15,19,20)/t6-,7?,9-,11-/m1/s1. The van der Waals surface area contributed by atoms with Crippen molar-refractivity contribution in [3.63, 3.8) is 0 Å². The first-order valence-electron chi connectivity index (χ1n) is 5.72. The fraction of sp³-hybridized carbons (Fsp3) is 0.455. The van der Waals surface area contributed by atoms with Crippen LogP contribution in [-0.4, -0.2) is 44.1 Å². The van der Waals surface area contributed by atoms with Crippen LogP contribution in [0.25, 0.3) is 0 Å². The molecular weight excluding hydrogens is 309 g/mol. The van der Waals surface area contributed by atoms with Gasteiger partial charge in [0.15, 0.2) is 11.8 Å². The number of aromatic nitrogens is 2. The second-order valence-corrected chi connectivity index (χ2v) is 4.64. The zero-order valence-corrected chi connectivity index (χ0v) is 11.2. The Balaban J connectivity index is 2.60. The molecule has 0 bridgehead atoms. The van der Waals surface area contributed by atoms with Gasteiger partial charge < -0.3 is 20.7 Å². The highest BCUT2D eigenvalue weighted by molar-refractivity contribution is 6.30. The third kappa shape index (κ3) is 2.48. The van der Waals surface area contributed by atoms with Gasteiger partial charge in [-0.1, -0.05) is 5.92 Å². The zero-order valence-electron chi connectivity index (χ0n) is 10.4. The average Bonchev–Trinajstić information content (AvgIpc) is 2.67. The van der Waals surface area contributed by atoms with Crippen molar-refractivity contribution in [2.24, 2.45) is 5.73 Å². The van der Waals surface area contributed by atoms with Crippen LogP contribution in [0.4, 0.5) is 4.39 Å². The first-order chi connectivity index (χ1) is 9.85. The van der Waals surface area contributed by atoms with Gasteiger partial charge in [-0.15, -0.1) is 0 Å². The lowest BCUT2D eigenvalue weighted by atomic mass is 9.92. The minimum atomic E-state index is -1.87. The molecule has 1 aromatic heterocycles. The molecule has 0 spiro atoms. The van der Waals surface area contributed by atoms with E-state index in [2.05, 4.69) is 5.92 Å². The Labute approximate surface area is 121 Å². The second-order valence-electron chi connectivity index (χ2n) is 4.45. The van der Waals surface area contributed by atoms with Crippen LogP contribution >= 0.6 is 11.6 Å². The summed E-state index contributed by atoms with van der Waals surface area (Å²) in [6.45, 7) is -0.610. The first kappa shape index (κ1) is 15.7. The van der Waals surface area contributed by atoms with Crippen LogP contribution in [0.3, 0.4) is 0 Å². The summed E-state index contributed by atoms with van der Waals surface area (Å²) in [5.41, 5.74) is 1.80. The third-order valence-corrected chi connectivity index (χ3v) is 3.27. The van der Waals surface area contributed by atoms with Gasteiger partial charge in [0.2, 0.25) is 5.82 Å². The van der Waals surface area contributed by atoms with E-state index in [1.54, 1.807) is 4.98 Å². The number of aromatic amines is 1. The first-order valence-corrected chi connectivity index (χ1v) is 6.10. The summed E-state index contributed by atoms with van der Waals surface area (Å²) in [6, 6.07) is 0. The zero-order chi connectivity index (χ0) is 15.8. The Bertz CT molecular complexity index is 723. The van der Waals surface area contributed by atoms with E-state index >= 15 is 0 Å². The molecule has 5 N–H and O–H groups in total. The number of H-pyrrole nitrogens is 1. The Kier molecular flexibility index (Phi) is 4.18. The number of nitrogens with one attached hydrogen (secondary N) is 1. The third-order valence-electron chi connectivity index (χ3n) is 3.17. The highest BCUT2D eigenvalue weighted by Crippen LogP contribution is 2.35. The van der Waals surface area contributed by atoms with Crippen molar-refractivity contribution >= 4 is 11.6 Å². The maximum atomic E-state index is 13.4. The minimum Gasteiger partial charge on any atom is -0.394 e. The van der Waals surface area contributed by atoms with Gasteiger partial charge in [-0.2, -0.15) is 4.39 Å². The van der Waals surface area contributed by atoms with Crippen LogP contribution in [-0.2, 0) is 4.74 Å². The Morgan fingerprint density at radius 2 is 2.29 bits per heavy atom. The van der Waals surface area contributed by atoms with E-state index in [0.717, 1.165) is 0 Å². The van der Waals surface area contributed by atoms with Gasteiger partial charge >= 0.3 is 5.69 Å². The summed E-state index contributed by atoms with van der Waals surface area (Å²) in [5, 5.41) is 21.1. The van der Waals surface area contributed by atoms with Gasteiger partial charge in [0, 0.05) is 5.38 Å². The van der Waals surface area contributed by atoms with Crippen molar-refractivity contribution < 1.29 is 19.3 Å². The van der Waals surface area contributed by atoms with Crippen molar-refractivity contribution in [3.05, 3.63) is 32.9 Å². The van der Waals surface area contributed by atoms with Crippen molar-refractivity contribution in [1.29, 1.82) is 0 Å². The van der Waals surface area contributed by atoms with E-state index in [1.807, 2.05) is 5.38 Å². The summed E-state index contributed by atoms with van der Waals surface area (Å²) in [5.74, 6) is 1.03. The van der Waals surface area contributed by atoms with Crippen molar-refractivity contribution in [2.75, 3.05) is 6.61 Å². The predicted molar refractivity (Wildman–Crippen MR) is 68.8 cm³/mol. The minimum absolute atomic E-state index is 0.579. The average molecular weight is 320 g/mol. The van der Waals surface area contributed by atoms with E-state index < -0.39 is 47.6 Å². The summed E-state index contributed by atoms with van der Waals surface area (Å²) in [4.78, 5) is 24.5. The maximum absolute atomic E-state index is 13.4. The van der Waals surface area contributed by atoms with Crippen LogP contribution < -0.4 is 17.0 Å². The Morgan fingerprint density at radius 3 is 2.86 bits per heavy atom. The van der Waals surface area contributed by atoms with E-state index in [1.165, 1.54) is 0 Å². The fourth-order valence-corrected chi connectivity index (χ4v) is 2.26. The number of ether oxygens (including phenoxy) is 1. The molecule has 0 saturated carbocycles. The molecule has 1 fully saturated rings. The number of rotatable bonds is 2. The summed E-state index contributed by atoms with van der Waals surface area (Å²) < 4.78 is 19.2. The van der Waals surface area contributed by atoms with Crippen LogP contribution in [0, 0.1) is 17.1 Å². The molecule has 2 heterocycles.